The average Bonchev–Trinajstić information content (AvgIpc) is 2.47. The maximum Gasteiger partial charge on any atom is 0.234 e. The highest BCUT2D eigenvalue weighted by molar-refractivity contribution is 5.79. The first-order chi connectivity index (χ1) is 5.98. The van der Waals surface area contributed by atoms with Crippen LogP contribution in [-0.4, -0.2) is 29.9 Å². The van der Waals surface area contributed by atoms with Gasteiger partial charge in [-0.3, -0.25) is 9.69 Å². The normalized spacial score (nSPS) is 31.2. The van der Waals surface area contributed by atoms with Crippen LogP contribution in [0.5, 0.6) is 0 Å². The van der Waals surface area contributed by atoms with E-state index in [1.165, 1.54) is 0 Å². The molecule has 2 N–H and O–H groups in total. The molecule has 1 rings (SSSR count). The van der Waals surface area contributed by atoms with Crippen molar-refractivity contribution in [3.8, 4) is 6.07 Å². The molecule has 2 atom stereocenters. The van der Waals surface area contributed by atoms with Gasteiger partial charge in [-0.1, -0.05) is 0 Å². The first-order valence-corrected chi connectivity index (χ1v) is 4.43. The summed E-state index contributed by atoms with van der Waals surface area (Å²) in [6, 6.07) is 2.02. The van der Waals surface area contributed by atoms with Crippen LogP contribution >= 0.6 is 0 Å². The Morgan fingerprint density at radius 2 is 2.38 bits per heavy atom. The zero-order valence-corrected chi connectivity index (χ0v) is 8.08. The van der Waals surface area contributed by atoms with Gasteiger partial charge >= 0.3 is 0 Å². The molecule has 0 aliphatic carbocycles. The van der Waals surface area contributed by atoms with E-state index < -0.39 is 0 Å². The fourth-order valence-electron chi connectivity index (χ4n) is 1.60. The molecule has 1 fully saturated rings. The molecule has 0 spiro atoms. The van der Waals surface area contributed by atoms with Gasteiger partial charge < -0.3 is 5.73 Å². The van der Waals surface area contributed by atoms with Gasteiger partial charge in [-0.25, -0.2) is 0 Å². The number of likely N-dealkylation sites (tertiary alicyclic amines) is 1. The standard InChI is InChI=1S/C9H15N3O/c1-7(8(11)13)12-4-3-9(2,5-10)6-12/h7H,3-4,6H2,1-2H3,(H2,11,13). The molecule has 0 aromatic carbocycles. The van der Waals surface area contributed by atoms with Crippen molar-refractivity contribution in [2.24, 2.45) is 11.1 Å². The van der Waals surface area contributed by atoms with Gasteiger partial charge in [-0.05, 0) is 20.3 Å². The van der Waals surface area contributed by atoms with E-state index in [1.54, 1.807) is 6.92 Å². The van der Waals surface area contributed by atoms with Crippen molar-refractivity contribution in [3.63, 3.8) is 0 Å². The van der Waals surface area contributed by atoms with Gasteiger partial charge in [0.2, 0.25) is 5.91 Å². The first-order valence-electron chi connectivity index (χ1n) is 4.43. The van der Waals surface area contributed by atoms with E-state index in [1.807, 2.05) is 11.8 Å². The highest BCUT2D eigenvalue weighted by Gasteiger charge is 2.36. The minimum Gasteiger partial charge on any atom is -0.368 e. The van der Waals surface area contributed by atoms with E-state index in [-0.39, 0.29) is 17.4 Å². The lowest BCUT2D eigenvalue weighted by Gasteiger charge is -2.22. The van der Waals surface area contributed by atoms with Crippen LogP contribution in [-0.2, 0) is 4.79 Å². The van der Waals surface area contributed by atoms with Gasteiger partial charge in [0.05, 0.1) is 17.5 Å². The zero-order chi connectivity index (χ0) is 10.1. The van der Waals surface area contributed by atoms with Crippen LogP contribution < -0.4 is 5.73 Å². The highest BCUT2D eigenvalue weighted by atomic mass is 16.1. The first kappa shape index (κ1) is 10.0. The second-order valence-electron chi connectivity index (χ2n) is 3.97. The third-order valence-corrected chi connectivity index (χ3v) is 2.73. The van der Waals surface area contributed by atoms with Crippen LogP contribution in [0.3, 0.4) is 0 Å². The topological polar surface area (TPSA) is 70.1 Å². The van der Waals surface area contributed by atoms with Crippen molar-refractivity contribution in [3.05, 3.63) is 0 Å². The fraction of sp³-hybridized carbons (Fsp3) is 0.778. The van der Waals surface area contributed by atoms with Crippen LogP contribution in [0.25, 0.3) is 0 Å². The Morgan fingerprint density at radius 1 is 1.77 bits per heavy atom. The summed E-state index contributed by atoms with van der Waals surface area (Å²) in [6.07, 6.45) is 0.821. The minimum absolute atomic E-state index is 0.254. The molecule has 4 nitrogen and oxygen atoms in total. The van der Waals surface area contributed by atoms with Gasteiger partial charge in [-0.15, -0.1) is 0 Å². The van der Waals surface area contributed by atoms with Crippen LogP contribution in [0, 0.1) is 16.7 Å². The van der Waals surface area contributed by atoms with Gasteiger partial charge in [0.15, 0.2) is 0 Å². The molecule has 13 heavy (non-hydrogen) atoms. The Bertz CT molecular complexity index is 258. The van der Waals surface area contributed by atoms with Crippen LogP contribution in [0.4, 0.5) is 0 Å². The molecule has 1 heterocycles. The summed E-state index contributed by atoms with van der Waals surface area (Å²) in [5, 5.41) is 8.87. The maximum absolute atomic E-state index is 10.9. The van der Waals surface area contributed by atoms with Gasteiger partial charge in [0.1, 0.15) is 0 Å². The summed E-state index contributed by atoms with van der Waals surface area (Å²) in [7, 11) is 0. The Balaban J connectivity index is 2.61. The molecule has 0 radical (unpaired) electrons. The molecule has 2 unspecified atom stereocenters. The number of hydrogen-bond donors (Lipinski definition) is 1. The average molecular weight is 181 g/mol. The number of nitrogens with zero attached hydrogens (tertiary/aromatic N) is 2. The number of hydrogen-bond acceptors (Lipinski definition) is 3. The summed E-state index contributed by atoms with van der Waals surface area (Å²) in [5.74, 6) is -0.317. The molecule has 72 valence electrons. The van der Waals surface area contributed by atoms with Crippen molar-refractivity contribution >= 4 is 5.91 Å². The second kappa shape index (κ2) is 3.35. The molecule has 1 aliphatic rings. The summed E-state index contributed by atoms with van der Waals surface area (Å²) in [5.41, 5.74) is 4.88. The Morgan fingerprint density at radius 3 is 2.77 bits per heavy atom. The SMILES string of the molecule is CC(C(N)=O)N1CCC(C)(C#N)C1. The van der Waals surface area contributed by atoms with E-state index in [4.69, 9.17) is 11.0 Å². The molecule has 1 aliphatic heterocycles. The van der Waals surface area contributed by atoms with E-state index in [0.29, 0.717) is 6.54 Å². The smallest absolute Gasteiger partial charge is 0.234 e. The Hall–Kier alpha value is -1.08. The molecule has 0 saturated carbocycles. The van der Waals surface area contributed by atoms with E-state index >= 15 is 0 Å². The van der Waals surface area contributed by atoms with E-state index in [2.05, 4.69) is 6.07 Å². The van der Waals surface area contributed by atoms with Crippen LogP contribution in [0.2, 0.25) is 0 Å². The quantitative estimate of drug-likeness (QED) is 0.656. The second-order valence-corrected chi connectivity index (χ2v) is 3.97. The van der Waals surface area contributed by atoms with Gasteiger partial charge in [0, 0.05) is 13.1 Å². The van der Waals surface area contributed by atoms with E-state index in [0.717, 1.165) is 13.0 Å². The molecule has 1 amide bonds. The largest absolute Gasteiger partial charge is 0.368 e. The lowest BCUT2D eigenvalue weighted by molar-refractivity contribution is -0.122. The number of amides is 1. The van der Waals surface area contributed by atoms with Crippen molar-refractivity contribution in [1.29, 1.82) is 5.26 Å². The summed E-state index contributed by atoms with van der Waals surface area (Å²) in [6.45, 7) is 5.13. The van der Waals surface area contributed by atoms with Crippen molar-refractivity contribution < 1.29 is 4.79 Å². The molecule has 4 heteroatoms. The number of primary amides is 1. The van der Waals surface area contributed by atoms with Crippen molar-refractivity contribution in [2.75, 3.05) is 13.1 Å². The van der Waals surface area contributed by atoms with Crippen molar-refractivity contribution in [2.45, 2.75) is 26.3 Å². The number of carbonyl (C=O) groups excluding carboxylic acids is 1. The van der Waals surface area contributed by atoms with Gasteiger partial charge in [-0.2, -0.15) is 5.26 Å². The third kappa shape index (κ3) is 1.99. The van der Waals surface area contributed by atoms with Crippen molar-refractivity contribution in [1.82, 2.24) is 4.90 Å². The monoisotopic (exact) mass is 181 g/mol. The van der Waals surface area contributed by atoms with Crippen LogP contribution in [0.1, 0.15) is 20.3 Å². The number of carbonyl (C=O) groups is 1. The highest BCUT2D eigenvalue weighted by Crippen LogP contribution is 2.29. The maximum atomic E-state index is 10.9. The number of rotatable bonds is 2. The lowest BCUT2D eigenvalue weighted by Crippen LogP contribution is -2.42. The Kier molecular flexibility index (Phi) is 2.58. The lowest BCUT2D eigenvalue weighted by atomic mass is 9.92. The van der Waals surface area contributed by atoms with Gasteiger partial charge in [0.25, 0.3) is 0 Å². The van der Waals surface area contributed by atoms with Crippen LogP contribution in [0.15, 0.2) is 0 Å². The minimum atomic E-state index is -0.317. The molecule has 0 aromatic heterocycles. The predicted molar refractivity (Wildman–Crippen MR) is 48.6 cm³/mol. The number of nitriles is 1. The molecule has 0 aromatic rings. The molecular formula is C9H15N3O. The fourth-order valence-corrected chi connectivity index (χ4v) is 1.60. The molecule has 0 bridgehead atoms. The zero-order valence-electron chi connectivity index (χ0n) is 8.08. The number of nitrogens with two attached hydrogens (primary N) is 1. The third-order valence-electron chi connectivity index (χ3n) is 2.73. The summed E-state index contributed by atoms with van der Waals surface area (Å²) in [4.78, 5) is 12.8. The summed E-state index contributed by atoms with van der Waals surface area (Å²) < 4.78 is 0. The summed E-state index contributed by atoms with van der Waals surface area (Å²) >= 11 is 0. The Labute approximate surface area is 78.3 Å². The van der Waals surface area contributed by atoms with E-state index in [9.17, 15) is 4.79 Å². The molecule has 1 saturated heterocycles. The molecular weight excluding hydrogens is 166 g/mol. The predicted octanol–water partition coefficient (Wildman–Crippen LogP) is 0.0958.